The molecule has 0 spiro atoms. The zero-order chi connectivity index (χ0) is 12.4. The third-order valence-corrected chi connectivity index (χ3v) is 3.77. The zero-order valence-corrected chi connectivity index (χ0v) is 11.0. The molecule has 3 N–H and O–H groups in total. The molecule has 94 valence electrons. The van der Waals surface area contributed by atoms with E-state index in [-0.39, 0.29) is 6.04 Å². The van der Waals surface area contributed by atoms with Crippen LogP contribution in [0.1, 0.15) is 22.7 Å². The number of hydrogen-bond acceptors (Lipinski definition) is 3. The van der Waals surface area contributed by atoms with Gasteiger partial charge in [-0.2, -0.15) is 0 Å². The highest BCUT2D eigenvalue weighted by Gasteiger charge is 2.26. The third-order valence-electron chi connectivity index (χ3n) is 3.77. The van der Waals surface area contributed by atoms with E-state index < -0.39 is 0 Å². The number of aryl methyl sites for hydroxylation is 2. The van der Waals surface area contributed by atoms with Gasteiger partial charge in [-0.1, -0.05) is 23.8 Å². The van der Waals surface area contributed by atoms with Crippen LogP contribution >= 0.6 is 0 Å². The molecule has 1 aromatic rings. The summed E-state index contributed by atoms with van der Waals surface area (Å²) in [4.78, 5) is 2.36. The smallest absolute Gasteiger partial charge is 0.0468 e. The van der Waals surface area contributed by atoms with Crippen LogP contribution in [0.4, 0.5) is 0 Å². The highest BCUT2D eigenvalue weighted by molar-refractivity contribution is 5.33. The van der Waals surface area contributed by atoms with E-state index in [9.17, 15) is 0 Å². The summed E-state index contributed by atoms with van der Waals surface area (Å²) < 4.78 is 0. The van der Waals surface area contributed by atoms with Gasteiger partial charge in [-0.15, -0.1) is 0 Å². The third kappa shape index (κ3) is 2.68. The first-order valence-corrected chi connectivity index (χ1v) is 6.33. The number of benzene rings is 1. The Morgan fingerprint density at radius 2 is 2.18 bits per heavy atom. The van der Waals surface area contributed by atoms with Gasteiger partial charge in [0, 0.05) is 31.7 Å². The van der Waals surface area contributed by atoms with Gasteiger partial charge in [-0.05, 0) is 32.0 Å². The maximum atomic E-state index is 6.45. The first-order chi connectivity index (χ1) is 8.09. The molecule has 1 heterocycles. The summed E-state index contributed by atoms with van der Waals surface area (Å²) in [5, 5.41) is 3.43. The molecule has 0 bridgehead atoms. The van der Waals surface area contributed by atoms with Crippen molar-refractivity contribution in [3.8, 4) is 0 Å². The molecule has 3 heteroatoms. The maximum absolute atomic E-state index is 6.45. The fraction of sp³-hybridized carbons (Fsp3) is 0.571. The Morgan fingerprint density at radius 1 is 1.41 bits per heavy atom. The minimum absolute atomic E-state index is 0.0905. The number of nitrogens with two attached hydrogens (primary N) is 1. The van der Waals surface area contributed by atoms with Crippen LogP contribution in [0.25, 0.3) is 0 Å². The molecule has 0 aromatic heterocycles. The first-order valence-electron chi connectivity index (χ1n) is 6.33. The highest BCUT2D eigenvalue weighted by Crippen LogP contribution is 2.23. The van der Waals surface area contributed by atoms with Gasteiger partial charge in [0.15, 0.2) is 0 Å². The van der Waals surface area contributed by atoms with Gasteiger partial charge in [-0.25, -0.2) is 0 Å². The van der Waals surface area contributed by atoms with E-state index in [0.717, 1.165) is 19.6 Å². The molecule has 1 aliphatic rings. The Labute approximate surface area is 104 Å². The quantitative estimate of drug-likeness (QED) is 0.806. The van der Waals surface area contributed by atoms with E-state index in [2.05, 4.69) is 49.3 Å². The summed E-state index contributed by atoms with van der Waals surface area (Å²) in [7, 11) is 2.16. The van der Waals surface area contributed by atoms with Crippen molar-refractivity contribution in [2.75, 3.05) is 26.7 Å². The number of hydrogen-bond donors (Lipinski definition) is 2. The maximum Gasteiger partial charge on any atom is 0.0468 e. The summed E-state index contributed by atoms with van der Waals surface area (Å²) in [6.07, 6.45) is 0. The number of nitrogens with zero attached hydrogens (tertiary/aromatic N) is 1. The summed E-state index contributed by atoms with van der Waals surface area (Å²) in [6.45, 7) is 7.38. The van der Waals surface area contributed by atoms with Crippen LogP contribution in [0.15, 0.2) is 18.2 Å². The molecule has 2 rings (SSSR count). The fourth-order valence-corrected chi connectivity index (χ4v) is 2.55. The molecule has 0 aliphatic carbocycles. The molecule has 0 radical (unpaired) electrons. The largest absolute Gasteiger partial charge is 0.323 e. The lowest BCUT2D eigenvalue weighted by molar-refractivity contribution is 0.174. The van der Waals surface area contributed by atoms with Crippen molar-refractivity contribution in [2.24, 2.45) is 5.73 Å². The Balaban J connectivity index is 2.23. The van der Waals surface area contributed by atoms with E-state index in [0.29, 0.717) is 6.04 Å². The van der Waals surface area contributed by atoms with E-state index in [1.165, 1.54) is 16.7 Å². The average Bonchev–Trinajstić information content (AvgIpc) is 2.32. The summed E-state index contributed by atoms with van der Waals surface area (Å²) in [5.74, 6) is 0. The van der Waals surface area contributed by atoms with Gasteiger partial charge in [0.25, 0.3) is 0 Å². The highest BCUT2D eigenvalue weighted by atomic mass is 15.2. The Kier molecular flexibility index (Phi) is 3.82. The number of rotatable bonds is 2. The predicted octanol–water partition coefficient (Wildman–Crippen LogP) is 1.21. The van der Waals surface area contributed by atoms with E-state index in [1.54, 1.807) is 0 Å². The minimum atomic E-state index is 0.0905. The topological polar surface area (TPSA) is 41.3 Å². The Hall–Kier alpha value is -0.900. The monoisotopic (exact) mass is 233 g/mol. The van der Waals surface area contributed by atoms with Crippen LogP contribution in [-0.4, -0.2) is 37.6 Å². The summed E-state index contributed by atoms with van der Waals surface area (Å²) in [5.41, 5.74) is 10.3. The van der Waals surface area contributed by atoms with E-state index in [1.807, 2.05) is 0 Å². The van der Waals surface area contributed by atoms with Gasteiger partial charge < -0.3 is 11.1 Å². The van der Waals surface area contributed by atoms with Crippen molar-refractivity contribution in [3.05, 3.63) is 34.9 Å². The molecule has 1 aromatic carbocycles. The lowest BCUT2D eigenvalue weighted by atomic mass is 9.93. The number of piperazine rings is 1. The molecule has 17 heavy (non-hydrogen) atoms. The molecule has 1 saturated heterocycles. The van der Waals surface area contributed by atoms with E-state index >= 15 is 0 Å². The zero-order valence-electron chi connectivity index (χ0n) is 11.0. The van der Waals surface area contributed by atoms with E-state index in [4.69, 9.17) is 5.73 Å². The standard InChI is InChI=1S/C14H23N3/c1-10-4-5-11(2)12(8-10)14(15)13-9-16-6-7-17(13)3/h4-5,8,13-14,16H,6-7,9,15H2,1-3H3. The van der Waals surface area contributed by atoms with Crippen molar-refractivity contribution >= 4 is 0 Å². The summed E-state index contributed by atoms with van der Waals surface area (Å²) in [6, 6.07) is 7.02. The molecule has 3 nitrogen and oxygen atoms in total. The molecule has 0 amide bonds. The molecule has 0 saturated carbocycles. The van der Waals surface area contributed by atoms with Gasteiger partial charge >= 0.3 is 0 Å². The van der Waals surface area contributed by atoms with Gasteiger partial charge in [0.1, 0.15) is 0 Å². The second-order valence-electron chi connectivity index (χ2n) is 5.14. The predicted molar refractivity (Wildman–Crippen MR) is 72.1 cm³/mol. The van der Waals surface area contributed by atoms with Crippen molar-refractivity contribution in [2.45, 2.75) is 25.9 Å². The SMILES string of the molecule is Cc1ccc(C)c(C(N)C2CNCCN2C)c1. The summed E-state index contributed by atoms with van der Waals surface area (Å²) >= 11 is 0. The lowest BCUT2D eigenvalue weighted by Crippen LogP contribution is -2.53. The Bertz CT molecular complexity index is 389. The first kappa shape index (κ1) is 12.6. The van der Waals surface area contributed by atoms with Crippen LogP contribution < -0.4 is 11.1 Å². The molecular formula is C14H23N3. The molecule has 2 unspecified atom stereocenters. The van der Waals surface area contributed by atoms with Gasteiger partial charge in [0.2, 0.25) is 0 Å². The van der Waals surface area contributed by atoms with Crippen LogP contribution in [0.5, 0.6) is 0 Å². The molecule has 1 fully saturated rings. The van der Waals surface area contributed by atoms with Crippen LogP contribution in [-0.2, 0) is 0 Å². The Morgan fingerprint density at radius 3 is 2.88 bits per heavy atom. The molecule has 2 atom stereocenters. The average molecular weight is 233 g/mol. The number of likely N-dealkylation sites (N-methyl/N-ethyl adjacent to an activating group) is 1. The molecular weight excluding hydrogens is 210 g/mol. The second-order valence-corrected chi connectivity index (χ2v) is 5.14. The van der Waals surface area contributed by atoms with Crippen LogP contribution in [0.2, 0.25) is 0 Å². The minimum Gasteiger partial charge on any atom is -0.323 e. The normalized spacial score (nSPS) is 23.6. The van der Waals surface area contributed by atoms with Crippen molar-refractivity contribution in [1.29, 1.82) is 0 Å². The van der Waals surface area contributed by atoms with Crippen molar-refractivity contribution in [3.63, 3.8) is 0 Å². The van der Waals surface area contributed by atoms with Crippen LogP contribution in [0, 0.1) is 13.8 Å². The van der Waals surface area contributed by atoms with Gasteiger partial charge in [-0.3, -0.25) is 4.90 Å². The van der Waals surface area contributed by atoms with Crippen molar-refractivity contribution in [1.82, 2.24) is 10.2 Å². The lowest BCUT2D eigenvalue weighted by Gasteiger charge is -2.37. The van der Waals surface area contributed by atoms with Crippen molar-refractivity contribution < 1.29 is 0 Å². The number of nitrogens with one attached hydrogen (secondary N) is 1. The molecule has 1 aliphatic heterocycles. The second kappa shape index (κ2) is 5.17. The fourth-order valence-electron chi connectivity index (χ4n) is 2.55. The van der Waals surface area contributed by atoms with Crippen LogP contribution in [0.3, 0.4) is 0 Å². The van der Waals surface area contributed by atoms with Gasteiger partial charge in [0.05, 0.1) is 0 Å².